The highest BCUT2D eigenvalue weighted by molar-refractivity contribution is 5.87. The molecule has 1 aliphatic carbocycles. The predicted molar refractivity (Wildman–Crippen MR) is 48.0 cm³/mol. The van der Waals surface area contributed by atoms with Crippen molar-refractivity contribution in [2.45, 2.75) is 32.1 Å². The van der Waals surface area contributed by atoms with E-state index >= 15 is 0 Å². The summed E-state index contributed by atoms with van der Waals surface area (Å²) in [5.74, 6) is 0.536. The lowest BCUT2D eigenvalue weighted by atomic mass is 9.78. The van der Waals surface area contributed by atoms with Gasteiger partial charge in [-0.2, -0.15) is 0 Å². The third-order valence-electron chi connectivity index (χ3n) is 3.42. The first-order valence-corrected chi connectivity index (χ1v) is 4.95. The fourth-order valence-corrected chi connectivity index (χ4v) is 2.79. The quantitative estimate of drug-likeness (QED) is 0.544. The van der Waals surface area contributed by atoms with Crippen LogP contribution >= 0.6 is 0 Å². The second-order valence-corrected chi connectivity index (χ2v) is 4.40. The zero-order valence-electron chi connectivity index (χ0n) is 7.81. The molecule has 0 unspecified atom stereocenters. The molecule has 0 N–H and O–H groups in total. The Hall–Kier alpha value is -0.370. The number of carbonyl (C=O) groups is 1. The summed E-state index contributed by atoms with van der Waals surface area (Å²) in [5.41, 5.74) is 0.0903. The van der Waals surface area contributed by atoms with E-state index in [0.717, 1.165) is 32.2 Å². The molecule has 0 radical (unpaired) electrons. The van der Waals surface area contributed by atoms with Gasteiger partial charge >= 0.3 is 0 Å². The molecule has 2 rings (SSSR count). The van der Waals surface area contributed by atoms with E-state index in [4.69, 9.17) is 0 Å². The Morgan fingerprint density at radius 2 is 2.08 bits per heavy atom. The first-order chi connectivity index (χ1) is 5.73. The van der Waals surface area contributed by atoms with Crippen molar-refractivity contribution in [3.05, 3.63) is 0 Å². The molecule has 2 heteroatoms. The van der Waals surface area contributed by atoms with Crippen molar-refractivity contribution in [3.63, 3.8) is 0 Å². The highest BCUT2D eigenvalue weighted by atomic mass is 16.1. The molecule has 0 bridgehead atoms. The molecule has 1 atom stereocenters. The zero-order chi connectivity index (χ0) is 8.60. The van der Waals surface area contributed by atoms with Gasteiger partial charge in [0.2, 0.25) is 0 Å². The third kappa shape index (κ3) is 1.18. The Morgan fingerprint density at radius 1 is 1.33 bits per heavy atom. The topological polar surface area (TPSA) is 20.3 Å². The number of carbonyl (C=O) groups excluding carboxylic acids is 1. The van der Waals surface area contributed by atoms with Crippen LogP contribution in [-0.2, 0) is 4.79 Å². The van der Waals surface area contributed by atoms with Crippen LogP contribution in [0.1, 0.15) is 32.1 Å². The van der Waals surface area contributed by atoms with Gasteiger partial charge in [-0.3, -0.25) is 4.79 Å². The van der Waals surface area contributed by atoms with Crippen molar-refractivity contribution in [2.75, 3.05) is 20.1 Å². The van der Waals surface area contributed by atoms with Crippen LogP contribution in [-0.4, -0.2) is 30.8 Å². The average molecular weight is 167 g/mol. The van der Waals surface area contributed by atoms with Gasteiger partial charge in [-0.15, -0.1) is 0 Å². The highest BCUT2D eigenvalue weighted by Crippen LogP contribution is 2.41. The molecule has 1 heterocycles. The van der Waals surface area contributed by atoms with E-state index in [1.807, 2.05) is 0 Å². The molecule has 2 aliphatic rings. The van der Waals surface area contributed by atoms with Crippen LogP contribution in [0.2, 0.25) is 0 Å². The van der Waals surface area contributed by atoms with Crippen LogP contribution in [0.5, 0.6) is 0 Å². The van der Waals surface area contributed by atoms with Crippen LogP contribution in [0.25, 0.3) is 0 Å². The minimum absolute atomic E-state index is 0.0903. The molecule has 1 saturated heterocycles. The molecule has 1 saturated carbocycles. The first kappa shape index (κ1) is 8.24. The van der Waals surface area contributed by atoms with Gasteiger partial charge in [0.25, 0.3) is 0 Å². The molecule has 0 amide bonds. The van der Waals surface area contributed by atoms with Crippen LogP contribution in [0.4, 0.5) is 0 Å². The van der Waals surface area contributed by atoms with E-state index in [1.54, 1.807) is 0 Å². The normalized spacial score (nSPS) is 37.9. The molecule has 68 valence electrons. The SMILES string of the molecule is CN1CCC[C@]2(CCCC2=O)C1. The van der Waals surface area contributed by atoms with E-state index in [-0.39, 0.29) is 5.41 Å². The fraction of sp³-hybridized carbons (Fsp3) is 0.900. The molecule has 1 aliphatic heterocycles. The molecule has 0 aromatic carbocycles. The number of nitrogens with zero attached hydrogens (tertiary/aromatic N) is 1. The number of rotatable bonds is 0. The summed E-state index contributed by atoms with van der Waals surface area (Å²) in [6, 6.07) is 0. The van der Waals surface area contributed by atoms with Crippen molar-refractivity contribution in [1.29, 1.82) is 0 Å². The smallest absolute Gasteiger partial charge is 0.140 e. The standard InChI is InChI=1S/C10H17NO/c1-11-7-3-6-10(8-11)5-2-4-9(10)12/h2-8H2,1H3/t10-/m1/s1. The van der Waals surface area contributed by atoms with Crippen molar-refractivity contribution in [1.82, 2.24) is 4.90 Å². The minimum Gasteiger partial charge on any atom is -0.305 e. The third-order valence-corrected chi connectivity index (χ3v) is 3.42. The van der Waals surface area contributed by atoms with E-state index in [2.05, 4.69) is 11.9 Å². The Morgan fingerprint density at radius 3 is 2.67 bits per heavy atom. The van der Waals surface area contributed by atoms with Crippen LogP contribution in [0.15, 0.2) is 0 Å². The lowest BCUT2D eigenvalue weighted by Crippen LogP contribution is -2.43. The first-order valence-electron chi connectivity index (χ1n) is 4.95. The van der Waals surface area contributed by atoms with Gasteiger partial charge in [0.15, 0.2) is 0 Å². The Kier molecular flexibility index (Phi) is 1.95. The molecule has 1 spiro atoms. The van der Waals surface area contributed by atoms with Gasteiger partial charge in [0.05, 0.1) is 0 Å². The monoisotopic (exact) mass is 167 g/mol. The lowest BCUT2D eigenvalue weighted by Gasteiger charge is -2.37. The van der Waals surface area contributed by atoms with Gasteiger partial charge < -0.3 is 4.90 Å². The summed E-state index contributed by atoms with van der Waals surface area (Å²) >= 11 is 0. The molecule has 0 aromatic rings. The average Bonchev–Trinajstić information content (AvgIpc) is 2.33. The Labute approximate surface area is 73.9 Å². The van der Waals surface area contributed by atoms with E-state index in [9.17, 15) is 4.79 Å². The lowest BCUT2D eigenvalue weighted by molar-refractivity contribution is -0.128. The summed E-state index contributed by atoms with van der Waals surface area (Å²) in [6.45, 7) is 2.20. The summed E-state index contributed by atoms with van der Waals surface area (Å²) in [4.78, 5) is 14.0. The number of piperidine rings is 1. The predicted octanol–water partition coefficient (Wildman–Crippen LogP) is 1.45. The van der Waals surface area contributed by atoms with Gasteiger partial charge in [-0.1, -0.05) is 0 Å². The maximum Gasteiger partial charge on any atom is 0.140 e. The van der Waals surface area contributed by atoms with Crippen molar-refractivity contribution < 1.29 is 4.79 Å². The molecular formula is C10H17NO. The van der Waals surface area contributed by atoms with Crippen molar-refractivity contribution >= 4 is 5.78 Å². The second kappa shape index (κ2) is 2.84. The van der Waals surface area contributed by atoms with E-state index in [0.29, 0.717) is 5.78 Å². The number of Topliss-reactive ketones (excluding diaryl/α,β-unsaturated/α-hetero) is 1. The molecule has 12 heavy (non-hydrogen) atoms. The van der Waals surface area contributed by atoms with Crippen LogP contribution in [0.3, 0.4) is 0 Å². The van der Waals surface area contributed by atoms with Gasteiger partial charge in [0.1, 0.15) is 5.78 Å². The molecule has 0 aromatic heterocycles. The minimum atomic E-state index is 0.0903. The van der Waals surface area contributed by atoms with Gasteiger partial charge in [0, 0.05) is 18.4 Å². The summed E-state index contributed by atoms with van der Waals surface area (Å²) in [7, 11) is 2.13. The Balaban J connectivity index is 2.13. The summed E-state index contributed by atoms with van der Waals surface area (Å²) < 4.78 is 0. The molecular weight excluding hydrogens is 150 g/mol. The largest absolute Gasteiger partial charge is 0.305 e. The van der Waals surface area contributed by atoms with Gasteiger partial charge in [-0.25, -0.2) is 0 Å². The number of likely N-dealkylation sites (tertiary alicyclic amines) is 1. The fourth-order valence-electron chi connectivity index (χ4n) is 2.79. The number of hydrogen-bond donors (Lipinski definition) is 0. The van der Waals surface area contributed by atoms with Crippen molar-refractivity contribution in [2.24, 2.45) is 5.41 Å². The van der Waals surface area contributed by atoms with Crippen molar-refractivity contribution in [3.8, 4) is 0 Å². The Bertz CT molecular complexity index is 202. The number of ketones is 1. The highest BCUT2D eigenvalue weighted by Gasteiger charge is 2.43. The number of hydrogen-bond acceptors (Lipinski definition) is 2. The van der Waals surface area contributed by atoms with E-state index in [1.165, 1.54) is 13.0 Å². The van der Waals surface area contributed by atoms with Crippen LogP contribution < -0.4 is 0 Å². The summed E-state index contributed by atoms with van der Waals surface area (Å²) in [6.07, 6.45) is 5.48. The zero-order valence-corrected chi connectivity index (χ0v) is 7.81. The van der Waals surface area contributed by atoms with E-state index < -0.39 is 0 Å². The second-order valence-electron chi connectivity index (χ2n) is 4.40. The maximum absolute atomic E-state index is 11.7. The van der Waals surface area contributed by atoms with Crippen LogP contribution in [0, 0.1) is 5.41 Å². The molecule has 2 nitrogen and oxygen atoms in total. The maximum atomic E-state index is 11.7. The van der Waals surface area contributed by atoms with Gasteiger partial charge in [-0.05, 0) is 39.3 Å². The summed E-state index contributed by atoms with van der Waals surface area (Å²) in [5, 5.41) is 0. The molecule has 2 fully saturated rings.